The van der Waals surface area contributed by atoms with Gasteiger partial charge in [-0.25, -0.2) is 0 Å². The van der Waals surface area contributed by atoms with Gasteiger partial charge in [-0.1, -0.05) is 39.0 Å². The van der Waals surface area contributed by atoms with Crippen molar-refractivity contribution in [1.82, 2.24) is 0 Å². The van der Waals surface area contributed by atoms with Crippen LogP contribution in [0.1, 0.15) is 45.1 Å². The number of hydrogen-bond donors (Lipinski definition) is 1. The van der Waals surface area contributed by atoms with Gasteiger partial charge in [0.2, 0.25) is 0 Å². The third-order valence-electron chi connectivity index (χ3n) is 4.65. The number of nitrogens with one attached hydrogen (secondary N) is 1. The molecule has 2 rings (SSSR count). The largest absolute Gasteiger partial charge is 0.495 e. The van der Waals surface area contributed by atoms with E-state index in [0.717, 1.165) is 12.0 Å². The lowest BCUT2D eigenvalue weighted by Crippen LogP contribution is -2.32. The minimum absolute atomic E-state index is 0.132. The molecule has 0 aliphatic carbocycles. The Labute approximate surface area is 164 Å². The van der Waals surface area contributed by atoms with E-state index in [4.69, 9.17) is 9.47 Å². The molecule has 7 nitrogen and oxygen atoms in total. The van der Waals surface area contributed by atoms with Crippen LogP contribution in [0, 0.1) is 10.1 Å². The van der Waals surface area contributed by atoms with E-state index in [1.807, 2.05) is 31.2 Å². The smallest absolute Gasteiger partial charge is 0.271 e. The van der Waals surface area contributed by atoms with Gasteiger partial charge in [-0.15, -0.1) is 0 Å². The van der Waals surface area contributed by atoms with Crippen LogP contribution < -0.4 is 14.8 Å². The molecular weight excluding hydrogens is 360 g/mol. The minimum Gasteiger partial charge on any atom is -0.495 e. The summed E-state index contributed by atoms with van der Waals surface area (Å²) < 4.78 is 11.2. The van der Waals surface area contributed by atoms with Crippen molar-refractivity contribution >= 4 is 17.3 Å². The number of benzene rings is 2. The fourth-order valence-electron chi connectivity index (χ4n) is 2.81. The normalized spacial score (nSPS) is 12.7. The molecule has 0 saturated carbocycles. The van der Waals surface area contributed by atoms with Gasteiger partial charge in [-0.2, -0.15) is 0 Å². The Bertz CT molecular complexity index is 837. The molecule has 2 unspecified atom stereocenters. The fourth-order valence-corrected chi connectivity index (χ4v) is 2.81. The van der Waals surface area contributed by atoms with Crippen LogP contribution in [0.15, 0.2) is 42.5 Å². The number of nitro benzene ring substituents is 1. The predicted octanol–water partition coefficient (Wildman–Crippen LogP) is 4.91. The summed E-state index contributed by atoms with van der Waals surface area (Å²) in [4.78, 5) is 23.3. The van der Waals surface area contributed by atoms with E-state index >= 15 is 0 Å². The van der Waals surface area contributed by atoms with Crippen LogP contribution in [-0.2, 0) is 4.79 Å². The number of carbonyl (C=O) groups is 1. The molecule has 0 spiro atoms. The van der Waals surface area contributed by atoms with Crippen LogP contribution >= 0.6 is 0 Å². The van der Waals surface area contributed by atoms with Gasteiger partial charge in [0.25, 0.3) is 11.6 Å². The topological polar surface area (TPSA) is 90.7 Å². The van der Waals surface area contributed by atoms with E-state index in [-0.39, 0.29) is 17.3 Å². The zero-order chi connectivity index (χ0) is 20.7. The summed E-state index contributed by atoms with van der Waals surface area (Å²) in [6, 6.07) is 11.7. The predicted molar refractivity (Wildman–Crippen MR) is 108 cm³/mol. The first-order chi connectivity index (χ1) is 13.4. The Morgan fingerprint density at radius 1 is 1.14 bits per heavy atom. The van der Waals surface area contributed by atoms with Crippen LogP contribution in [-0.4, -0.2) is 24.0 Å². The van der Waals surface area contributed by atoms with Gasteiger partial charge in [-0.3, -0.25) is 14.9 Å². The summed E-state index contributed by atoms with van der Waals surface area (Å²) in [5.41, 5.74) is 1.15. The Kier molecular flexibility index (Phi) is 7.37. The van der Waals surface area contributed by atoms with Crippen molar-refractivity contribution in [2.75, 3.05) is 12.4 Å². The van der Waals surface area contributed by atoms with Gasteiger partial charge in [-0.05, 0) is 36.5 Å². The van der Waals surface area contributed by atoms with E-state index < -0.39 is 11.0 Å². The van der Waals surface area contributed by atoms with Crippen molar-refractivity contribution in [1.29, 1.82) is 0 Å². The number of carbonyl (C=O) groups excluding carboxylic acids is 1. The van der Waals surface area contributed by atoms with Crippen LogP contribution in [0.5, 0.6) is 11.5 Å². The minimum atomic E-state index is -0.742. The Morgan fingerprint density at radius 2 is 1.86 bits per heavy atom. The zero-order valence-corrected chi connectivity index (χ0v) is 16.6. The van der Waals surface area contributed by atoms with E-state index in [9.17, 15) is 14.9 Å². The van der Waals surface area contributed by atoms with E-state index in [1.54, 1.807) is 0 Å². The van der Waals surface area contributed by atoms with Gasteiger partial charge < -0.3 is 14.8 Å². The van der Waals surface area contributed by atoms with Crippen LogP contribution in [0.25, 0.3) is 0 Å². The number of amides is 1. The number of hydrogen-bond acceptors (Lipinski definition) is 5. The number of non-ortho nitro benzene ring substituents is 1. The van der Waals surface area contributed by atoms with Crippen molar-refractivity contribution in [3.8, 4) is 11.5 Å². The Morgan fingerprint density at radius 3 is 2.46 bits per heavy atom. The summed E-state index contributed by atoms with van der Waals surface area (Å²) in [6.07, 6.45) is 0.653. The number of rotatable bonds is 9. The highest BCUT2D eigenvalue weighted by molar-refractivity contribution is 5.96. The van der Waals surface area contributed by atoms with Crippen molar-refractivity contribution in [3.63, 3.8) is 0 Å². The lowest BCUT2D eigenvalue weighted by Gasteiger charge is -2.21. The molecule has 2 atom stereocenters. The molecule has 2 aromatic carbocycles. The number of ether oxygens (including phenoxy) is 2. The van der Waals surface area contributed by atoms with E-state index in [1.165, 1.54) is 25.3 Å². The average Bonchev–Trinajstić information content (AvgIpc) is 2.71. The summed E-state index contributed by atoms with van der Waals surface area (Å²) in [6.45, 7) is 6.05. The quantitative estimate of drug-likeness (QED) is 0.488. The molecule has 0 heterocycles. The molecule has 0 aromatic heterocycles. The molecule has 7 heteroatoms. The van der Waals surface area contributed by atoms with Crippen molar-refractivity contribution < 1.29 is 19.2 Å². The molecule has 0 saturated heterocycles. The van der Waals surface area contributed by atoms with Crippen molar-refractivity contribution in [2.45, 2.75) is 45.6 Å². The summed E-state index contributed by atoms with van der Waals surface area (Å²) >= 11 is 0. The van der Waals surface area contributed by atoms with Gasteiger partial charge in [0.05, 0.1) is 17.7 Å². The standard InChI is InChI=1S/C21H26N2O5/c1-5-14(3)16-9-7-8-10-19(16)28-18(6-2)21(24)22-17-13-15(23(25)26)11-12-20(17)27-4/h7-14,18H,5-6H2,1-4H3,(H,22,24). The number of nitro groups is 1. The average molecular weight is 386 g/mol. The third kappa shape index (κ3) is 5.00. The molecule has 0 aliphatic heterocycles. The maximum absolute atomic E-state index is 12.8. The monoisotopic (exact) mass is 386 g/mol. The molecule has 0 aliphatic rings. The maximum atomic E-state index is 12.8. The SMILES string of the molecule is CCC(Oc1ccccc1C(C)CC)C(=O)Nc1cc([N+](=O)[O-])ccc1OC. The second-order valence-corrected chi connectivity index (χ2v) is 6.49. The molecule has 0 fully saturated rings. The van der Waals surface area contributed by atoms with Gasteiger partial charge in [0.15, 0.2) is 6.10 Å². The number of para-hydroxylation sites is 1. The van der Waals surface area contributed by atoms with Crippen molar-refractivity contribution in [2.24, 2.45) is 0 Å². The maximum Gasteiger partial charge on any atom is 0.271 e. The molecular formula is C21H26N2O5. The van der Waals surface area contributed by atoms with Gasteiger partial charge in [0, 0.05) is 12.1 Å². The molecule has 150 valence electrons. The molecule has 2 aromatic rings. The highest BCUT2D eigenvalue weighted by Crippen LogP contribution is 2.31. The molecule has 0 radical (unpaired) electrons. The first-order valence-electron chi connectivity index (χ1n) is 9.30. The van der Waals surface area contributed by atoms with Crippen LogP contribution in [0.4, 0.5) is 11.4 Å². The first-order valence-corrected chi connectivity index (χ1v) is 9.30. The summed E-state index contributed by atoms with van der Waals surface area (Å²) in [7, 11) is 1.44. The highest BCUT2D eigenvalue weighted by Gasteiger charge is 2.23. The number of nitrogens with zero attached hydrogens (tertiary/aromatic N) is 1. The third-order valence-corrected chi connectivity index (χ3v) is 4.65. The Hall–Kier alpha value is -3.09. The van der Waals surface area contributed by atoms with Crippen LogP contribution in [0.2, 0.25) is 0 Å². The van der Waals surface area contributed by atoms with E-state index in [2.05, 4.69) is 19.2 Å². The molecule has 0 bridgehead atoms. The molecule has 1 N–H and O–H groups in total. The first kappa shape index (κ1) is 21.2. The van der Waals surface area contributed by atoms with Crippen molar-refractivity contribution in [3.05, 3.63) is 58.1 Å². The second-order valence-electron chi connectivity index (χ2n) is 6.49. The molecule has 1 amide bonds. The lowest BCUT2D eigenvalue weighted by molar-refractivity contribution is -0.384. The summed E-state index contributed by atoms with van der Waals surface area (Å²) in [5.74, 6) is 0.924. The number of anilines is 1. The van der Waals surface area contributed by atoms with E-state index in [0.29, 0.717) is 23.8 Å². The fraction of sp³-hybridized carbons (Fsp3) is 0.381. The number of methoxy groups -OCH3 is 1. The second kappa shape index (κ2) is 9.73. The zero-order valence-electron chi connectivity index (χ0n) is 16.6. The highest BCUT2D eigenvalue weighted by atomic mass is 16.6. The summed E-state index contributed by atoms with van der Waals surface area (Å²) in [5, 5.41) is 13.7. The van der Waals surface area contributed by atoms with Crippen LogP contribution in [0.3, 0.4) is 0 Å². The molecule has 28 heavy (non-hydrogen) atoms. The lowest BCUT2D eigenvalue weighted by atomic mass is 9.98. The van der Waals surface area contributed by atoms with Gasteiger partial charge >= 0.3 is 0 Å². The van der Waals surface area contributed by atoms with Gasteiger partial charge in [0.1, 0.15) is 11.5 Å². The Balaban J connectivity index is 2.24.